The molecule has 9 heteroatoms. The Balaban J connectivity index is 1.37. The first kappa shape index (κ1) is 28.0. The monoisotopic (exact) mass is 539 g/mol. The number of ether oxygens (including phenoxy) is 4. The number of carbonyl (C=O) groups is 1. The maximum Gasteiger partial charge on any atom is 0.410 e. The molecule has 3 aromatic rings. The number of hydrogen-bond donors (Lipinski definition) is 0. The first-order valence-electron chi connectivity index (χ1n) is 13.4. The van der Waals surface area contributed by atoms with Gasteiger partial charge in [0.1, 0.15) is 30.4 Å². The average molecular weight is 540 g/mol. The third-order valence-corrected chi connectivity index (χ3v) is 8.02. The Kier molecular flexibility index (Phi) is 8.67. The van der Waals surface area contributed by atoms with Crippen molar-refractivity contribution < 1.29 is 23.7 Å². The Morgan fingerprint density at radius 3 is 2.47 bits per heavy atom. The summed E-state index contributed by atoms with van der Waals surface area (Å²) in [7, 11) is -1.17. The molecule has 2 heterocycles. The fourth-order valence-corrected chi connectivity index (χ4v) is 5.02. The van der Waals surface area contributed by atoms with Crippen molar-refractivity contribution in [3.63, 3.8) is 0 Å². The molecule has 1 saturated heterocycles. The highest BCUT2D eigenvalue weighted by molar-refractivity contribution is 6.76. The van der Waals surface area contributed by atoms with Gasteiger partial charge in [0.15, 0.2) is 0 Å². The predicted octanol–water partition coefficient (Wildman–Crippen LogP) is 6.92. The van der Waals surface area contributed by atoms with Crippen LogP contribution < -0.4 is 9.47 Å². The normalized spacial score (nSPS) is 16.2. The van der Waals surface area contributed by atoms with Gasteiger partial charge in [-0.2, -0.15) is 4.98 Å². The number of benzene rings is 2. The lowest BCUT2D eigenvalue weighted by Crippen LogP contribution is -2.42. The first-order valence-corrected chi connectivity index (χ1v) is 17.1. The molecular weight excluding hydrogens is 498 g/mol. The molecular formula is C29H41N3O5Si. The Morgan fingerprint density at radius 1 is 1.05 bits per heavy atom. The summed E-state index contributed by atoms with van der Waals surface area (Å²) >= 11 is 0. The molecule has 206 valence electrons. The van der Waals surface area contributed by atoms with Gasteiger partial charge >= 0.3 is 12.1 Å². The molecule has 2 aromatic carbocycles. The van der Waals surface area contributed by atoms with Crippen molar-refractivity contribution in [1.29, 1.82) is 0 Å². The minimum atomic E-state index is -1.17. The van der Waals surface area contributed by atoms with E-state index in [1.165, 1.54) is 0 Å². The van der Waals surface area contributed by atoms with Crippen LogP contribution in [0.5, 0.6) is 17.5 Å². The Hall–Kier alpha value is -3.04. The summed E-state index contributed by atoms with van der Waals surface area (Å²) in [5, 5.41) is 0. The molecule has 8 nitrogen and oxygen atoms in total. The zero-order chi connectivity index (χ0) is 27.3. The van der Waals surface area contributed by atoms with Crippen molar-refractivity contribution in [3.05, 3.63) is 48.5 Å². The van der Waals surface area contributed by atoms with Gasteiger partial charge in [-0.15, -0.1) is 0 Å². The van der Waals surface area contributed by atoms with Crippen LogP contribution in [-0.2, 0) is 16.2 Å². The van der Waals surface area contributed by atoms with Crippen LogP contribution in [0.1, 0.15) is 33.6 Å². The standard InChI is InChI=1S/C29H41N3O5Si/c1-29(2,3)37-28(33)31-17-9-10-22(31)20-35-23-13-15-24(16-14-23)36-27-30-25-11-7-8-12-26(25)32(27)21-34-18-19-38(4,5)6/h7-8,11-16,22H,9-10,17-21H2,1-6H3. The van der Waals surface area contributed by atoms with Crippen LogP contribution in [0.2, 0.25) is 25.7 Å². The minimum absolute atomic E-state index is 0.00151. The van der Waals surface area contributed by atoms with Crippen molar-refractivity contribution in [3.8, 4) is 17.5 Å². The van der Waals surface area contributed by atoms with Crippen molar-refractivity contribution in [2.45, 2.75) is 77.7 Å². The van der Waals surface area contributed by atoms with Crippen LogP contribution in [-0.4, -0.2) is 60.0 Å². The molecule has 1 atom stereocenters. The van der Waals surface area contributed by atoms with Gasteiger partial charge in [-0.3, -0.25) is 4.57 Å². The van der Waals surface area contributed by atoms with Gasteiger partial charge in [0.05, 0.1) is 17.1 Å². The highest BCUT2D eigenvalue weighted by Crippen LogP contribution is 2.28. The van der Waals surface area contributed by atoms with Gasteiger partial charge in [0, 0.05) is 21.2 Å². The van der Waals surface area contributed by atoms with E-state index < -0.39 is 13.7 Å². The molecule has 38 heavy (non-hydrogen) atoms. The van der Waals surface area contributed by atoms with E-state index in [0.717, 1.165) is 42.3 Å². The Bertz CT molecular complexity index is 1210. The molecule has 0 aliphatic carbocycles. The second-order valence-corrected chi connectivity index (χ2v) is 17.6. The number of fused-ring (bicyclic) bond motifs is 1. The van der Waals surface area contributed by atoms with E-state index in [1.54, 1.807) is 4.90 Å². The molecule has 0 N–H and O–H groups in total. The maximum atomic E-state index is 12.5. The highest BCUT2D eigenvalue weighted by atomic mass is 28.3. The molecule has 1 unspecified atom stereocenters. The third-order valence-electron chi connectivity index (χ3n) is 6.32. The molecule has 1 fully saturated rings. The molecule has 4 rings (SSSR count). The largest absolute Gasteiger partial charge is 0.491 e. The molecule has 1 aromatic heterocycles. The Morgan fingerprint density at radius 2 is 1.76 bits per heavy atom. The van der Waals surface area contributed by atoms with E-state index in [-0.39, 0.29) is 12.1 Å². The zero-order valence-corrected chi connectivity index (χ0v) is 24.5. The molecule has 1 aliphatic heterocycles. The fourth-order valence-electron chi connectivity index (χ4n) is 4.26. The quantitative estimate of drug-likeness (QED) is 0.206. The third kappa shape index (κ3) is 7.74. The van der Waals surface area contributed by atoms with Crippen molar-refractivity contribution in [2.24, 2.45) is 0 Å². The van der Waals surface area contributed by atoms with Gasteiger partial charge in [0.2, 0.25) is 0 Å². The van der Waals surface area contributed by atoms with Gasteiger partial charge in [-0.1, -0.05) is 31.8 Å². The molecule has 0 saturated carbocycles. The van der Waals surface area contributed by atoms with Crippen molar-refractivity contribution in [2.75, 3.05) is 19.8 Å². The minimum Gasteiger partial charge on any atom is -0.491 e. The lowest BCUT2D eigenvalue weighted by molar-refractivity contribution is 0.0187. The van der Waals surface area contributed by atoms with Gasteiger partial charge < -0.3 is 23.8 Å². The van der Waals surface area contributed by atoms with E-state index in [9.17, 15) is 4.79 Å². The predicted molar refractivity (Wildman–Crippen MR) is 152 cm³/mol. The lowest BCUT2D eigenvalue weighted by atomic mass is 10.2. The summed E-state index contributed by atoms with van der Waals surface area (Å²) in [6.45, 7) is 14.9. The second-order valence-electron chi connectivity index (χ2n) is 12.0. The van der Waals surface area contributed by atoms with Crippen LogP contribution in [0.25, 0.3) is 11.0 Å². The van der Waals surface area contributed by atoms with E-state index in [2.05, 4.69) is 24.6 Å². The number of para-hydroxylation sites is 2. The number of rotatable bonds is 10. The highest BCUT2D eigenvalue weighted by Gasteiger charge is 2.32. The fraction of sp³-hybridized carbons (Fsp3) is 0.517. The summed E-state index contributed by atoms with van der Waals surface area (Å²) < 4.78 is 25.7. The molecule has 1 aliphatic rings. The maximum absolute atomic E-state index is 12.5. The molecule has 0 bridgehead atoms. The van der Waals surface area contributed by atoms with Crippen LogP contribution in [0.4, 0.5) is 4.79 Å². The number of amides is 1. The van der Waals surface area contributed by atoms with Crippen LogP contribution >= 0.6 is 0 Å². The SMILES string of the molecule is CC(C)(C)OC(=O)N1CCCC1COc1ccc(Oc2nc3ccccc3n2COCC[Si](C)(C)C)cc1. The number of likely N-dealkylation sites (tertiary alicyclic amines) is 1. The smallest absolute Gasteiger partial charge is 0.410 e. The van der Waals surface area contributed by atoms with Gasteiger partial charge in [-0.25, -0.2) is 4.79 Å². The first-order chi connectivity index (χ1) is 18.0. The van der Waals surface area contributed by atoms with E-state index in [0.29, 0.717) is 31.6 Å². The molecule has 0 spiro atoms. The number of hydrogen-bond acceptors (Lipinski definition) is 6. The van der Waals surface area contributed by atoms with E-state index in [4.69, 9.17) is 18.9 Å². The summed E-state index contributed by atoms with van der Waals surface area (Å²) in [5.74, 6) is 1.38. The summed E-state index contributed by atoms with van der Waals surface area (Å²) in [6.07, 6.45) is 1.57. The topological polar surface area (TPSA) is 75.0 Å². The van der Waals surface area contributed by atoms with Crippen LogP contribution in [0.3, 0.4) is 0 Å². The number of imidazole rings is 1. The average Bonchev–Trinajstić information content (AvgIpc) is 3.44. The van der Waals surface area contributed by atoms with Gasteiger partial charge in [-0.05, 0) is 76.1 Å². The number of aromatic nitrogens is 2. The van der Waals surface area contributed by atoms with Gasteiger partial charge in [0.25, 0.3) is 0 Å². The van der Waals surface area contributed by atoms with Crippen LogP contribution in [0, 0.1) is 0 Å². The summed E-state index contributed by atoms with van der Waals surface area (Å²) in [4.78, 5) is 19.0. The number of nitrogens with zero attached hydrogens (tertiary/aromatic N) is 3. The van der Waals surface area contributed by atoms with Crippen molar-refractivity contribution >= 4 is 25.2 Å². The number of carbonyl (C=O) groups excluding carboxylic acids is 1. The van der Waals surface area contributed by atoms with Crippen LogP contribution in [0.15, 0.2) is 48.5 Å². The molecule has 1 amide bonds. The van der Waals surface area contributed by atoms with E-state index >= 15 is 0 Å². The summed E-state index contributed by atoms with van der Waals surface area (Å²) in [6, 6.07) is 17.0. The Labute approximate surface area is 226 Å². The summed E-state index contributed by atoms with van der Waals surface area (Å²) in [5.41, 5.74) is 1.32. The van der Waals surface area contributed by atoms with E-state index in [1.807, 2.05) is 73.9 Å². The second kappa shape index (κ2) is 11.8. The van der Waals surface area contributed by atoms with Crippen molar-refractivity contribution in [1.82, 2.24) is 14.5 Å². The molecule has 0 radical (unpaired) electrons. The zero-order valence-electron chi connectivity index (χ0n) is 23.5. The lowest BCUT2D eigenvalue weighted by Gasteiger charge is -2.28.